The maximum absolute atomic E-state index is 13.1. The molecule has 11 heteroatoms. The van der Waals surface area contributed by atoms with Gasteiger partial charge in [-0.05, 0) is 41.5 Å². The number of rotatable bonds is 5. The van der Waals surface area contributed by atoms with Crippen molar-refractivity contribution in [2.24, 2.45) is 0 Å². The van der Waals surface area contributed by atoms with E-state index >= 15 is 0 Å². The van der Waals surface area contributed by atoms with E-state index < -0.39 is 17.6 Å². The summed E-state index contributed by atoms with van der Waals surface area (Å²) in [5.74, 6) is -0.208. The number of ether oxygens (including phenoxy) is 1. The molecule has 0 atom stereocenters. The number of nitrogens with one attached hydrogen (secondary N) is 2. The Bertz CT molecular complexity index is 1640. The molecule has 3 aromatic heterocycles. The quantitative estimate of drug-likeness (QED) is 0.341. The van der Waals surface area contributed by atoms with Crippen molar-refractivity contribution in [2.75, 3.05) is 31.6 Å². The van der Waals surface area contributed by atoms with Crippen LogP contribution in [0.15, 0.2) is 67.0 Å². The molecule has 1 aliphatic rings. The topological polar surface area (TPSA) is 87.5 Å². The minimum atomic E-state index is -4.43. The minimum Gasteiger partial charge on any atom is -0.379 e. The average molecular weight is 521 g/mol. The maximum atomic E-state index is 13.1. The number of morpholine rings is 1. The normalized spacial score (nSPS) is 14.8. The van der Waals surface area contributed by atoms with E-state index in [0.717, 1.165) is 30.8 Å². The molecule has 38 heavy (non-hydrogen) atoms. The van der Waals surface area contributed by atoms with Crippen molar-refractivity contribution in [2.45, 2.75) is 12.7 Å². The van der Waals surface area contributed by atoms with E-state index in [1.807, 2.05) is 22.7 Å². The van der Waals surface area contributed by atoms with Crippen LogP contribution in [0.4, 0.5) is 19.1 Å². The molecule has 2 N–H and O–H groups in total. The van der Waals surface area contributed by atoms with Crippen molar-refractivity contribution >= 4 is 28.5 Å². The number of imidazole rings is 2. The van der Waals surface area contributed by atoms with Crippen molar-refractivity contribution in [1.82, 2.24) is 24.3 Å². The van der Waals surface area contributed by atoms with Gasteiger partial charge in [0.25, 0.3) is 5.91 Å². The molecule has 4 heterocycles. The maximum Gasteiger partial charge on any atom is 0.416 e. The van der Waals surface area contributed by atoms with Gasteiger partial charge in [0.2, 0.25) is 5.95 Å². The molecule has 0 spiro atoms. The molecule has 0 unspecified atom stereocenters. The number of halogens is 3. The number of nitrogens with zero attached hydrogens (tertiary/aromatic N) is 4. The second kappa shape index (κ2) is 9.58. The first kappa shape index (κ1) is 24.1. The van der Waals surface area contributed by atoms with Crippen LogP contribution in [-0.4, -0.2) is 56.5 Å². The van der Waals surface area contributed by atoms with Crippen molar-refractivity contribution in [3.8, 4) is 11.1 Å². The van der Waals surface area contributed by atoms with Crippen molar-refractivity contribution in [1.29, 1.82) is 0 Å². The van der Waals surface area contributed by atoms with Gasteiger partial charge in [0.1, 0.15) is 11.3 Å². The number of benzene rings is 2. The van der Waals surface area contributed by atoms with E-state index in [-0.39, 0.29) is 11.6 Å². The fraction of sp³-hybridized carbons (Fsp3) is 0.222. The van der Waals surface area contributed by atoms with Gasteiger partial charge in [-0.15, -0.1) is 0 Å². The second-order valence-electron chi connectivity index (χ2n) is 9.13. The zero-order valence-electron chi connectivity index (χ0n) is 20.1. The van der Waals surface area contributed by atoms with Crippen LogP contribution in [0.5, 0.6) is 0 Å². The summed E-state index contributed by atoms with van der Waals surface area (Å²) in [5.41, 5.74) is 3.40. The van der Waals surface area contributed by atoms with Gasteiger partial charge >= 0.3 is 6.18 Å². The summed E-state index contributed by atoms with van der Waals surface area (Å²) in [6, 6.07) is 14.2. The first-order chi connectivity index (χ1) is 18.3. The van der Waals surface area contributed by atoms with Crippen LogP contribution in [0.2, 0.25) is 0 Å². The standard InChI is InChI=1S/C27H23F3N6O2/c28-27(29,30)20-5-1-3-17(13-20)18-6-7-21-22(14-18)33-26(32-21)34-25(37)23-16-36-8-2-4-19(24(36)31-23)15-35-9-11-38-12-10-35/h1-8,13-14,16H,9-12,15H2,(H2,32,33,34,37). The fourth-order valence-electron chi connectivity index (χ4n) is 4.60. The fourth-order valence-corrected chi connectivity index (χ4v) is 4.60. The van der Waals surface area contributed by atoms with Crippen LogP contribution in [0.3, 0.4) is 0 Å². The van der Waals surface area contributed by atoms with Crippen LogP contribution in [0, 0.1) is 0 Å². The Labute approximate surface area is 215 Å². The number of carbonyl (C=O) groups is 1. The van der Waals surface area contributed by atoms with Gasteiger partial charge in [-0.3, -0.25) is 15.0 Å². The molecule has 0 radical (unpaired) electrons. The lowest BCUT2D eigenvalue weighted by Crippen LogP contribution is -2.35. The Hall–Kier alpha value is -4.22. The van der Waals surface area contributed by atoms with Gasteiger partial charge in [0.05, 0.1) is 29.8 Å². The van der Waals surface area contributed by atoms with E-state index in [2.05, 4.69) is 25.2 Å². The summed E-state index contributed by atoms with van der Waals surface area (Å²) in [6.45, 7) is 3.80. The third-order valence-corrected chi connectivity index (χ3v) is 6.53. The van der Waals surface area contributed by atoms with Crippen molar-refractivity contribution in [3.63, 3.8) is 0 Å². The van der Waals surface area contributed by atoms with Crippen LogP contribution >= 0.6 is 0 Å². The van der Waals surface area contributed by atoms with E-state index in [1.54, 1.807) is 30.5 Å². The number of aromatic amines is 1. The molecule has 1 fully saturated rings. The summed E-state index contributed by atoms with van der Waals surface area (Å²) >= 11 is 0. The summed E-state index contributed by atoms with van der Waals surface area (Å²) in [7, 11) is 0. The molecule has 194 valence electrons. The molecule has 0 aliphatic carbocycles. The number of amides is 1. The number of hydrogen-bond donors (Lipinski definition) is 2. The SMILES string of the molecule is O=C(Nc1nc2cc(-c3cccc(C(F)(F)F)c3)ccc2[nH]1)c1cn2cccc(CN3CCOCC3)c2n1. The molecule has 1 saturated heterocycles. The average Bonchev–Trinajstić information content (AvgIpc) is 3.53. The lowest BCUT2D eigenvalue weighted by molar-refractivity contribution is -0.137. The zero-order chi connectivity index (χ0) is 26.3. The highest BCUT2D eigenvalue weighted by atomic mass is 19.4. The Balaban J connectivity index is 1.22. The molecule has 6 rings (SSSR count). The first-order valence-corrected chi connectivity index (χ1v) is 12.1. The van der Waals surface area contributed by atoms with E-state index in [9.17, 15) is 18.0 Å². The van der Waals surface area contributed by atoms with Gasteiger partial charge in [-0.1, -0.05) is 24.3 Å². The minimum absolute atomic E-state index is 0.219. The smallest absolute Gasteiger partial charge is 0.379 e. The summed E-state index contributed by atoms with van der Waals surface area (Å²) in [6.07, 6.45) is -0.911. The number of anilines is 1. The Kier molecular flexibility index (Phi) is 6.09. The van der Waals surface area contributed by atoms with E-state index in [0.29, 0.717) is 47.6 Å². The van der Waals surface area contributed by atoms with Gasteiger partial charge in [-0.25, -0.2) is 9.97 Å². The first-order valence-electron chi connectivity index (χ1n) is 12.1. The van der Waals surface area contributed by atoms with Gasteiger partial charge in [-0.2, -0.15) is 13.2 Å². The Morgan fingerprint density at radius 1 is 1.03 bits per heavy atom. The monoisotopic (exact) mass is 520 g/mol. The van der Waals surface area contributed by atoms with E-state index in [4.69, 9.17) is 4.74 Å². The highest BCUT2D eigenvalue weighted by molar-refractivity contribution is 6.03. The van der Waals surface area contributed by atoms with Gasteiger partial charge in [0, 0.05) is 37.6 Å². The molecule has 2 aromatic carbocycles. The number of fused-ring (bicyclic) bond motifs is 2. The van der Waals surface area contributed by atoms with Gasteiger partial charge in [0.15, 0.2) is 0 Å². The van der Waals surface area contributed by atoms with Crippen LogP contribution in [-0.2, 0) is 17.5 Å². The molecule has 5 aromatic rings. The van der Waals surface area contributed by atoms with Crippen molar-refractivity contribution in [3.05, 3.63) is 83.8 Å². The molecule has 0 saturated carbocycles. The summed E-state index contributed by atoms with van der Waals surface area (Å²) in [4.78, 5) is 27.3. The van der Waals surface area contributed by atoms with Crippen molar-refractivity contribution < 1.29 is 22.7 Å². The predicted molar refractivity (Wildman–Crippen MR) is 136 cm³/mol. The zero-order valence-corrected chi connectivity index (χ0v) is 20.1. The van der Waals surface area contributed by atoms with Crippen LogP contribution < -0.4 is 5.32 Å². The Morgan fingerprint density at radius 3 is 2.66 bits per heavy atom. The lowest BCUT2D eigenvalue weighted by atomic mass is 10.0. The van der Waals surface area contributed by atoms with Crippen LogP contribution in [0.25, 0.3) is 27.8 Å². The highest BCUT2D eigenvalue weighted by Crippen LogP contribution is 2.33. The second-order valence-corrected chi connectivity index (χ2v) is 9.13. The number of hydrogen-bond acceptors (Lipinski definition) is 5. The molecule has 1 aliphatic heterocycles. The molecular formula is C27H23F3N6O2. The largest absolute Gasteiger partial charge is 0.416 e. The highest BCUT2D eigenvalue weighted by Gasteiger charge is 2.30. The summed E-state index contributed by atoms with van der Waals surface area (Å²) in [5, 5.41) is 2.74. The Morgan fingerprint density at radius 2 is 1.84 bits per heavy atom. The van der Waals surface area contributed by atoms with E-state index in [1.165, 1.54) is 6.07 Å². The number of H-pyrrole nitrogens is 1. The number of pyridine rings is 1. The number of carbonyl (C=O) groups excluding carboxylic acids is 1. The lowest BCUT2D eigenvalue weighted by Gasteiger charge is -2.26. The predicted octanol–water partition coefficient (Wildman–Crippen LogP) is 4.98. The van der Waals surface area contributed by atoms with Crippen LogP contribution in [0.1, 0.15) is 21.6 Å². The number of aromatic nitrogens is 4. The molecule has 0 bridgehead atoms. The number of alkyl halides is 3. The van der Waals surface area contributed by atoms with Gasteiger partial charge < -0.3 is 14.1 Å². The third-order valence-electron chi connectivity index (χ3n) is 6.53. The molecular weight excluding hydrogens is 497 g/mol. The molecule has 1 amide bonds. The summed E-state index contributed by atoms with van der Waals surface area (Å²) < 4.78 is 46.6. The third kappa shape index (κ3) is 4.85. The molecule has 8 nitrogen and oxygen atoms in total.